The second kappa shape index (κ2) is 5.58. The fourth-order valence-electron chi connectivity index (χ4n) is 1.50. The molecule has 0 aromatic heterocycles. The number of thiocarbonyl (C=S) groups is 1. The lowest BCUT2D eigenvalue weighted by molar-refractivity contribution is -0.121. The van der Waals surface area contributed by atoms with Crippen LogP contribution in [0.5, 0.6) is 0 Å². The minimum Gasteiger partial charge on any atom is -0.375 e. The monoisotopic (exact) mass is 257 g/mol. The van der Waals surface area contributed by atoms with E-state index in [1.807, 2.05) is 6.92 Å². The van der Waals surface area contributed by atoms with Crippen LogP contribution < -0.4 is 21.8 Å². The van der Waals surface area contributed by atoms with E-state index in [4.69, 9.17) is 5.73 Å². The predicted octanol–water partition coefficient (Wildman–Crippen LogP) is -0.426. The Balaban J connectivity index is 2.79. The number of nitrogens with zero attached hydrogens (tertiary/aromatic N) is 1. The highest BCUT2D eigenvalue weighted by molar-refractivity contribution is 7.80. The molecule has 1 aliphatic heterocycles. The van der Waals surface area contributed by atoms with Gasteiger partial charge in [-0.1, -0.05) is 19.8 Å². The largest absolute Gasteiger partial charge is 0.375 e. The van der Waals surface area contributed by atoms with Crippen molar-refractivity contribution in [3.63, 3.8) is 0 Å². The van der Waals surface area contributed by atoms with Gasteiger partial charge in [0.2, 0.25) is 0 Å². The van der Waals surface area contributed by atoms with Crippen LogP contribution >= 0.6 is 12.2 Å². The van der Waals surface area contributed by atoms with E-state index in [1.165, 1.54) is 6.21 Å². The van der Waals surface area contributed by atoms with Crippen LogP contribution in [0.2, 0.25) is 0 Å². The van der Waals surface area contributed by atoms with Gasteiger partial charge in [-0.25, -0.2) is 4.79 Å². The zero-order valence-electron chi connectivity index (χ0n) is 9.45. The molecule has 8 heteroatoms. The lowest BCUT2D eigenvalue weighted by atomic mass is 9.94. The highest BCUT2D eigenvalue weighted by Gasteiger charge is 2.44. The summed E-state index contributed by atoms with van der Waals surface area (Å²) >= 11 is 4.58. The number of carbonyl (C=O) groups excluding carboxylic acids is 2. The van der Waals surface area contributed by atoms with Crippen LogP contribution in [0, 0.1) is 0 Å². The Kier molecular flexibility index (Phi) is 4.38. The summed E-state index contributed by atoms with van der Waals surface area (Å²) in [5, 5.41) is 8.48. The number of hydrazone groups is 1. The number of nitrogens with two attached hydrogens (primary N) is 1. The third-order valence-corrected chi connectivity index (χ3v) is 2.44. The van der Waals surface area contributed by atoms with Crippen LogP contribution in [0.4, 0.5) is 4.79 Å². The van der Waals surface area contributed by atoms with Gasteiger partial charge < -0.3 is 11.1 Å². The smallest absolute Gasteiger partial charge is 0.322 e. The predicted molar refractivity (Wildman–Crippen MR) is 67.3 cm³/mol. The second-order valence-corrected chi connectivity index (χ2v) is 4.16. The van der Waals surface area contributed by atoms with Crippen LogP contribution in [0.25, 0.3) is 0 Å². The Labute approximate surface area is 104 Å². The van der Waals surface area contributed by atoms with Crippen LogP contribution in [-0.2, 0) is 4.79 Å². The van der Waals surface area contributed by atoms with Gasteiger partial charge >= 0.3 is 6.03 Å². The summed E-state index contributed by atoms with van der Waals surface area (Å²) < 4.78 is 0. The van der Waals surface area contributed by atoms with Gasteiger partial charge in [0.1, 0.15) is 0 Å². The molecule has 0 aromatic carbocycles. The molecule has 1 saturated heterocycles. The van der Waals surface area contributed by atoms with Crippen molar-refractivity contribution in [1.82, 2.24) is 16.1 Å². The third kappa shape index (κ3) is 3.38. The molecule has 0 bridgehead atoms. The van der Waals surface area contributed by atoms with E-state index >= 15 is 0 Å². The average molecular weight is 257 g/mol. The standard InChI is InChI=1S/C9H15N5O2S/c1-2-3-4-9(5-11-14-7(10)17)6(15)12-8(16)13-9/h5H,2-4H2,1H3,(H3,10,14,17)(H2,12,13,15,16)/b11-5+/t9-/m0/s1. The summed E-state index contributed by atoms with van der Waals surface area (Å²) in [6.07, 6.45) is 3.49. The maximum absolute atomic E-state index is 11.7. The van der Waals surface area contributed by atoms with Crippen LogP contribution in [-0.4, -0.2) is 28.8 Å². The molecule has 0 unspecified atom stereocenters. The quantitative estimate of drug-likeness (QED) is 0.231. The van der Waals surface area contributed by atoms with E-state index in [-0.39, 0.29) is 5.11 Å². The number of unbranched alkanes of at least 4 members (excludes halogenated alkanes) is 1. The maximum Gasteiger partial charge on any atom is 0.322 e. The molecule has 3 amide bonds. The Bertz CT molecular complexity index is 370. The zero-order valence-corrected chi connectivity index (χ0v) is 10.3. The Morgan fingerprint density at radius 3 is 2.82 bits per heavy atom. The molecule has 0 aliphatic carbocycles. The van der Waals surface area contributed by atoms with E-state index in [9.17, 15) is 9.59 Å². The van der Waals surface area contributed by atoms with Crippen molar-refractivity contribution in [1.29, 1.82) is 0 Å². The summed E-state index contributed by atoms with van der Waals surface area (Å²) in [4.78, 5) is 22.9. The van der Waals surface area contributed by atoms with E-state index in [0.717, 1.165) is 12.8 Å². The Morgan fingerprint density at radius 1 is 1.65 bits per heavy atom. The van der Waals surface area contributed by atoms with E-state index in [2.05, 4.69) is 33.4 Å². The summed E-state index contributed by atoms with van der Waals surface area (Å²) in [7, 11) is 0. The first-order valence-electron chi connectivity index (χ1n) is 5.23. The molecule has 17 heavy (non-hydrogen) atoms. The minimum absolute atomic E-state index is 0.00313. The van der Waals surface area contributed by atoms with Gasteiger partial charge in [-0.2, -0.15) is 5.10 Å². The van der Waals surface area contributed by atoms with Crippen molar-refractivity contribution >= 4 is 35.5 Å². The van der Waals surface area contributed by atoms with Gasteiger partial charge in [-0.15, -0.1) is 0 Å². The van der Waals surface area contributed by atoms with E-state index < -0.39 is 17.5 Å². The van der Waals surface area contributed by atoms with E-state index in [0.29, 0.717) is 6.42 Å². The van der Waals surface area contributed by atoms with Crippen molar-refractivity contribution in [2.75, 3.05) is 0 Å². The molecular formula is C9H15N5O2S. The highest BCUT2D eigenvalue weighted by atomic mass is 32.1. The summed E-state index contributed by atoms with van der Waals surface area (Å²) in [6, 6.07) is -0.520. The Morgan fingerprint density at radius 2 is 2.35 bits per heavy atom. The number of hydrogen-bond acceptors (Lipinski definition) is 4. The molecule has 1 heterocycles. The Hall–Kier alpha value is -1.70. The maximum atomic E-state index is 11.7. The SMILES string of the molecule is CCCC[C@@]1(/C=N/NC(N)=S)NC(=O)NC1=O. The molecule has 1 fully saturated rings. The summed E-state index contributed by atoms with van der Waals surface area (Å²) in [5.74, 6) is -0.413. The van der Waals surface area contributed by atoms with Gasteiger partial charge in [0.15, 0.2) is 10.7 Å². The first kappa shape index (κ1) is 13.4. The zero-order chi connectivity index (χ0) is 12.9. The molecule has 1 atom stereocenters. The van der Waals surface area contributed by atoms with Crippen LogP contribution in [0.3, 0.4) is 0 Å². The van der Waals surface area contributed by atoms with E-state index in [1.54, 1.807) is 0 Å². The normalized spacial score (nSPS) is 23.6. The second-order valence-electron chi connectivity index (χ2n) is 3.72. The lowest BCUT2D eigenvalue weighted by Crippen LogP contribution is -2.49. The number of nitrogens with one attached hydrogen (secondary N) is 3. The number of hydrogen-bond donors (Lipinski definition) is 4. The average Bonchev–Trinajstić information content (AvgIpc) is 2.51. The van der Waals surface area contributed by atoms with Crippen LogP contribution in [0.1, 0.15) is 26.2 Å². The third-order valence-electron chi connectivity index (χ3n) is 2.35. The number of rotatable bonds is 5. The molecular weight excluding hydrogens is 242 g/mol. The molecule has 0 saturated carbocycles. The molecule has 5 N–H and O–H groups in total. The number of carbonyl (C=O) groups is 2. The first-order chi connectivity index (χ1) is 8.00. The van der Waals surface area contributed by atoms with Crippen molar-refractivity contribution in [2.24, 2.45) is 10.8 Å². The van der Waals surface area contributed by atoms with Crippen molar-refractivity contribution in [2.45, 2.75) is 31.7 Å². The van der Waals surface area contributed by atoms with Gasteiger partial charge in [0.05, 0.1) is 6.21 Å². The topological polar surface area (TPSA) is 109 Å². The molecule has 1 rings (SSSR count). The van der Waals surface area contributed by atoms with Gasteiger partial charge in [-0.05, 0) is 18.6 Å². The van der Waals surface area contributed by atoms with Gasteiger partial charge in [-0.3, -0.25) is 15.5 Å². The minimum atomic E-state index is -1.11. The first-order valence-corrected chi connectivity index (χ1v) is 5.64. The number of imide groups is 1. The van der Waals surface area contributed by atoms with Crippen LogP contribution in [0.15, 0.2) is 5.10 Å². The number of urea groups is 1. The summed E-state index contributed by atoms with van der Waals surface area (Å²) in [6.45, 7) is 1.99. The summed E-state index contributed by atoms with van der Waals surface area (Å²) in [5.41, 5.74) is 6.45. The van der Waals surface area contributed by atoms with Crippen molar-refractivity contribution in [3.05, 3.63) is 0 Å². The van der Waals surface area contributed by atoms with Crippen molar-refractivity contribution < 1.29 is 9.59 Å². The molecule has 1 aliphatic rings. The molecule has 94 valence electrons. The number of amides is 3. The molecule has 0 radical (unpaired) electrons. The van der Waals surface area contributed by atoms with Gasteiger partial charge in [0.25, 0.3) is 5.91 Å². The highest BCUT2D eigenvalue weighted by Crippen LogP contribution is 2.16. The molecule has 7 nitrogen and oxygen atoms in total. The molecule has 0 spiro atoms. The lowest BCUT2D eigenvalue weighted by Gasteiger charge is -2.20. The molecule has 0 aromatic rings. The fraction of sp³-hybridized carbons (Fsp3) is 0.556. The van der Waals surface area contributed by atoms with Crippen molar-refractivity contribution in [3.8, 4) is 0 Å². The van der Waals surface area contributed by atoms with Gasteiger partial charge in [0, 0.05) is 0 Å². The fourth-order valence-corrected chi connectivity index (χ4v) is 1.55.